The molecule has 0 spiro atoms. The fourth-order valence-electron chi connectivity index (χ4n) is 1.35. The Bertz CT molecular complexity index is 552. The largest absolute Gasteiger partial charge is 0.506 e. The van der Waals surface area contributed by atoms with E-state index in [2.05, 4.69) is 17.7 Å². The Morgan fingerprint density at radius 3 is 2.62 bits per heavy atom. The third kappa shape index (κ3) is 1.94. The Kier molecular flexibility index (Phi) is 2.96. The van der Waals surface area contributed by atoms with Crippen molar-refractivity contribution < 1.29 is 5.11 Å². The standard InChI is InChI=1S/C11H10N2O2S/c14-10-6-11(15)13(12-9(10)7-16)8-4-2-1-3-5-8/h1-6,14,16H,7H2. The van der Waals surface area contributed by atoms with Crippen molar-refractivity contribution in [2.24, 2.45) is 0 Å². The molecule has 82 valence electrons. The number of para-hydroxylation sites is 1. The molecule has 1 N–H and O–H groups in total. The van der Waals surface area contributed by atoms with Crippen molar-refractivity contribution in [3.8, 4) is 11.4 Å². The first-order valence-corrected chi connectivity index (χ1v) is 5.34. The highest BCUT2D eigenvalue weighted by Crippen LogP contribution is 2.13. The predicted molar refractivity (Wildman–Crippen MR) is 64.2 cm³/mol. The van der Waals surface area contributed by atoms with Crippen LogP contribution in [-0.4, -0.2) is 14.9 Å². The van der Waals surface area contributed by atoms with Crippen molar-refractivity contribution in [2.75, 3.05) is 0 Å². The van der Waals surface area contributed by atoms with E-state index >= 15 is 0 Å². The summed E-state index contributed by atoms with van der Waals surface area (Å²) in [6, 6.07) is 10.2. The van der Waals surface area contributed by atoms with Crippen LogP contribution in [0.4, 0.5) is 0 Å². The molecular formula is C11H10N2O2S. The molecule has 0 aliphatic rings. The van der Waals surface area contributed by atoms with Gasteiger partial charge in [0.1, 0.15) is 11.4 Å². The minimum absolute atomic E-state index is 0.118. The zero-order chi connectivity index (χ0) is 11.5. The van der Waals surface area contributed by atoms with E-state index in [1.54, 1.807) is 12.1 Å². The van der Waals surface area contributed by atoms with Crippen LogP contribution in [0.25, 0.3) is 5.69 Å². The molecular weight excluding hydrogens is 224 g/mol. The molecule has 0 amide bonds. The van der Waals surface area contributed by atoms with Crippen molar-refractivity contribution in [1.29, 1.82) is 0 Å². The lowest BCUT2D eigenvalue weighted by atomic mass is 10.3. The van der Waals surface area contributed by atoms with E-state index in [1.165, 1.54) is 4.68 Å². The van der Waals surface area contributed by atoms with E-state index in [9.17, 15) is 9.90 Å². The van der Waals surface area contributed by atoms with Gasteiger partial charge in [-0.3, -0.25) is 4.79 Å². The molecule has 1 aromatic carbocycles. The summed E-state index contributed by atoms with van der Waals surface area (Å²) in [5.74, 6) is 0.158. The topological polar surface area (TPSA) is 55.1 Å². The van der Waals surface area contributed by atoms with E-state index in [4.69, 9.17) is 0 Å². The third-order valence-electron chi connectivity index (χ3n) is 2.14. The maximum atomic E-state index is 11.6. The van der Waals surface area contributed by atoms with E-state index in [-0.39, 0.29) is 17.1 Å². The number of benzene rings is 1. The number of hydrogen-bond donors (Lipinski definition) is 2. The summed E-state index contributed by atoms with van der Waals surface area (Å²) in [6.07, 6.45) is 0. The molecule has 1 aromatic heterocycles. The van der Waals surface area contributed by atoms with Gasteiger partial charge in [0.2, 0.25) is 0 Å². The quantitative estimate of drug-likeness (QED) is 0.772. The normalized spacial score (nSPS) is 10.3. The second-order valence-electron chi connectivity index (χ2n) is 3.22. The molecule has 2 rings (SSSR count). The van der Waals surface area contributed by atoms with Gasteiger partial charge < -0.3 is 5.11 Å². The molecule has 1 heterocycles. The van der Waals surface area contributed by atoms with Crippen LogP contribution in [0.5, 0.6) is 5.75 Å². The highest BCUT2D eigenvalue weighted by atomic mass is 32.1. The number of hydrogen-bond acceptors (Lipinski definition) is 4. The number of aromatic nitrogens is 2. The molecule has 4 nitrogen and oxygen atoms in total. The monoisotopic (exact) mass is 234 g/mol. The van der Waals surface area contributed by atoms with Crippen LogP contribution in [0.2, 0.25) is 0 Å². The van der Waals surface area contributed by atoms with Crippen LogP contribution in [0.3, 0.4) is 0 Å². The van der Waals surface area contributed by atoms with Gasteiger partial charge in [-0.15, -0.1) is 0 Å². The molecule has 0 aliphatic carbocycles. The maximum Gasteiger partial charge on any atom is 0.275 e. The lowest BCUT2D eigenvalue weighted by Gasteiger charge is -2.06. The van der Waals surface area contributed by atoms with Crippen LogP contribution in [0.1, 0.15) is 5.69 Å². The Morgan fingerprint density at radius 1 is 1.31 bits per heavy atom. The summed E-state index contributed by atoms with van der Waals surface area (Å²) in [7, 11) is 0. The number of nitrogens with zero attached hydrogens (tertiary/aromatic N) is 2. The number of thiol groups is 1. The minimum atomic E-state index is -0.366. The Labute approximate surface area is 97.6 Å². The highest BCUT2D eigenvalue weighted by Gasteiger charge is 2.07. The predicted octanol–water partition coefficient (Wildman–Crippen LogP) is 1.37. The summed E-state index contributed by atoms with van der Waals surface area (Å²) < 4.78 is 1.24. The second kappa shape index (κ2) is 4.40. The molecule has 0 fully saturated rings. The smallest absolute Gasteiger partial charge is 0.275 e. The first kappa shape index (κ1) is 10.8. The van der Waals surface area contributed by atoms with Crippen LogP contribution < -0.4 is 5.56 Å². The van der Waals surface area contributed by atoms with Gasteiger partial charge in [0, 0.05) is 11.8 Å². The Hall–Kier alpha value is -1.75. The van der Waals surface area contributed by atoms with Gasteiger partial charge in [0.25, 0.3) is 5.56 Å². The molecule has 16 heavy (non-hydrogen) atoms. The molecule has 5 heteroatoms. The zero-order valence-corrected chi connectivity index (χ0v) is 9.26. The summed E-state index contributed by atoms with van der Waals surface area (Å²) >= 11 is 4.04. The maximum absolute atomic E-state index is 11.6. The molecule has 0 unspecified atom stereocenters. The molecule has 2 aromatic rings. The van der Waals surface area contributed by atoms with E-state index in [0.717, 1.165) is 6.07 Å². The summed E-state index contributed by atoms with van der Waals surface area (Å²) in [5.41, 5.74) is 0.677. The average molecular weight is 234 g/mol. The highest BCUT2D eigenvalue weighted by molar-refractivity contribution is 7.79. The van der Waals surface area contributed by atoms with Gasteiger partial charge in [-0.1, -0.05) is 18.2 Å². The van der Waals surface area contributed by atoms with Gasteiger partial charge in [-0.05, 0) is 12.1 Å². The summed E-state index contributed by atoms with van der Waals surface area (Å²) in [5, 5.41) is 13.5. The Morgan fingerprint density at radius 2 is 2.00 bits per heavy atom. The fourth-order valence-corrected chi connectivity index (χ4v) is 1.57. The van der Waals surface area contributed by atoms with E-state index in [1.807, 2.05) is 18.2 Å². The van der Waals surface area contributed by atoms with Crippen LogP contribution in [0, 0.1) is 0 Å². The molecule has 0 saturated carbocycles. The van der Waals surface area contributed by atoms with Gasteiger partial charge >= 0.3 is 0 Å². The minimum Gasteiger partial charge on any atom is -0.506 e. The van der Waals surface area contributed by atoms with Crippen molar-refractivity contribution >= 4 is 12.6 Å². The van der Waals surface area contributed by atoms with Crippen molar-refractivity contribution in [1.82, 2.24) is 9.78 Å². The first-order valence-electron chi connectivity index (χ1n) is 4.71. The van der Waals surface area contributed by atoms with Crippen LogP contribution in [0.15, 0.2) is 41.2 Å². The fraction of sp³-hybridized carbons (Fsp3) is 0.0909. The molecule has 0 saturated heterocycles. The Balaban J connectivity index is 2.62. The molecule has 0 radical (unpaired) electrons. The SMILES string of the molecule is O=c1cc(O)c(CS)nn1-c1ccccc1. The average Bonchev–Trinajstić information content (AvgIpc) is 2.30. The summed E-state index contributed by atoms with van der Waals surface area (Å²) in [6.45, 7) is 0. The van der Waals surface area contributed by atoms with Gasteiger partial charge in [-0.2, -0.15) is 22.4 Å². The van der Waals surface area contributed by atoms with E-state index < -0.39 is 0 Å². The summed E-state index contributed by atoms with van der Waals surface area (Å²) in [4.78, 5) is 11.6. The van der Waals surface area contributed by atoms with Crippen LogP contribution in [-0.2, 0) is 5.75 Å². The van der Waals surface area contributed by atoms with Gasteiger partial charge in [-0.25, -0.2) is 0 Å². The molecule has 0 aliphatic heterocycles. The lowest BCUT2D eigenvalue weighted by Crippen LogP contribution is -2.21. The van der Waals surface area contributed by atoms with Crippen LogP contribution >= 0.6 is 12.6 Å². The lowest BCUT2D eigenvalue weighted by molar-refractivity contribution is 0.460. The van der Waals surface area contributed by atoms with Gasteiger partial charge in [0.05, 0.1) is 5.69 Å². The molecule has 0 atom stereocenters. The first-order chi connectivity index (χ1) is 7.72. The number of aromatic hydroxyl groups is 1. The zero-order valence-electron chi connectivity index (χ0n) is 8.37. The van der Waals surface area contributed by atoms with E-state index in [0.29, 0.717) is 11.4 Å². The molecule has 0 bridgehead atoms. The number of rotatable bonds is 2. The van der Waals surface area contributed by atoms with Gasteiger partial charge in [0.15, 0.2) is 0 Å². The third-order valence-corrected chi connectivity index (χ3v) is 2.44. The second-order valence-corrected chi connectivity index (χ2v) is 3.54. The van der Waals surface area contributed by atoms with Crippen molar-refractivity contribution in [2.45, 2.75) is 5.75 Å². The van der Waals surface area contributed by atoms with Crippen molar-refractivity contribution in [3.63, 3.8) is 0 Å². The van der Waals surface area contributed by atoms with Crippen molar-refractivity contribution in [3.05, 3.63) is 52.4 Å².